The SMILES string of the molecule is COCc1ccc(F)c(C(C)O)c1F. The second-order valence-corrected chi connectivity index (χ2v) is 3.04. The molecule has 1 atom stereocenters. The van der Waals surface area contributed by atoms with Crippen LogP contribution in [0.4, 0.5) is 8.78 Å². The monoisotopic (exact) mass is 202 g/mol. The lowest BCUT2D eigenvalue weighted by atomic mass is 10.1. The molecule has 0 amide bonds. The lowest BCUT2D eigenvalue weighted by Gasteiger charge is -2.10. The summed E-state index contributed by atoms with van der Waals surface area (Å²) >= 11 is 0. The van der Waals surface area contributed by atoms with Gasteiger partial charge in [0.1, 0.15) is 11.6 Å². The number of rotatable bonds is 3. The summed E-state index contributed by atoms with van der Waals surface area (Å²) in [6.45, 7) is 1.38. The Morgan fingerprint density at radius 3 is 2.57 bits per heavy atom. The fourth-order valence-corrected chi connectivity index (χ4v) is 1.26. The summed E-state index contributed by atoms with van der Waals surface area (Å²) < 4.78 is 31.3. The standard InChI is InChI=1S/C10H12F2O2/c1-6(13)9-8(11)4-3-7(5-14-2)10(9)12/h3-4,6,13H,5H2,1-2H3. The van der Waals surface area contributed by atoms with Crippen LogP contribution in [0.15, 0.2) is 12.1 Å². The number of halogens is 2. The van der Waals surface area contributed by atoms with E-state index < -0.39 is 17.7 Å². The van der Waals surface area contributed by atoms with Crippen LogP contribution in [0.3, 0.4) is 0 Å². The average Bonchev–Trinajstić information content (AvgIpc) is 2.10. The summed E-state index contributed by atoms with van der Waals surface area (Å²) in [4.78, 5) is 0. The first kappa shape index (κ1) is 11.1. The van der Waals surface area contributed by atoms with Gasteiger partial charge in [0.25, 0.3) is 0 Å². The van der Waals surface area contributed by atoms with Crippen LogP contribution in [0.2, 0.25) is 0 Å². The molecule has 0 bridgehead atoms. The Bertz CT molecular complexity index is 324. The highest BCUT2D eigenvalue weighted by Crippen LogP contribution is 2.23. The minimum Gasteiger partial charge on any atom is -0.388 e. The topological polar surface area (TPSA) is 29.5 Å². The fraction of sp³-hybridized carbons (Fsp3) is 0.400. The highest BCUT2D eigenvalue weighted by molar-refractivity contribution is 5.28. The van der Waals surface area contributed by atoms with Crippen molar-refractivity contribution in [3.63, 3.8) is 0 Å². The van der Waals surface area contributed by atoms with Crippen LogP contribution < -0.4 is 0 Å². The van der Waals surface area contributed by atoms with Crippen LogP contribution in [0.25, 0.3) is 0 Å². The molecule has 0 spiro atoms. The van der Waals surface area contributed by atoms with Crippen molar-refractivity contribution in [1.82, 2.24) is 0 Å². The number of hydrogen-bond donors (Lipinski definition) is 1. The van der Waals surface area contributed by atoms with Crippen LogP contribution in [0.5, 0.6) is 0 Å². The number of methoxy groups -OCH3 is 1. The normalized spacial score (nSPS) is 12.9. The van der Waals surface area contributed by atoms with E-state index in [1.54, 1.807) is 0 Å². The Kier molecular flexibility index (Phi) is 3.55. The molecule has 14 heavy (non-hydrogen) atoms. The maximum atomic E-state index is 13.5. The Morgan fingerprint density at radius 2 is 2.07 bits per heavy atom. The van der Waals surface area contributed by atoms with Crippen molar-refractivity contribution in [3.05, 3.63) is 34.9 Å². The van der Waals surface area contributed by atoms with E-state index in [0.29, 0.717) is 0 Å². The molecule has 0 radical (unpaired) electrons. The van der Waals surface area contributed by atoms with Crippen LogP contribution >= 0.6 is 0 Å². The number of aliphatic hydroxyl groups excluding tert-OH is 1. The van der Waals surface area contributed by atoms with Gasteiger partial charge in [0.05, 0.1) is 18.3 Å². The largest absolute Gasteiger partial charge is 0.388 e. The molecule has 0 fully saturated rings. The van der Waals surface area contributed by atoms with Gasteiger partial charge in [-0.2, -0.15) is 0 Å². The van der Waals surface area contributed by atoms with Crippen LogP contribution in [0, 0.1) is 11.6 Å². The van der Waals surface area contributed by atoms with Gasteiger partial charge in [-0.1, -0.05) is 6.07 Å². The van der Waals surface area contributed by atoms with Gasteiger partial charge in [0, 0.05) is 12.7 Å². The molecule has 1 N–H and O–H groups in total. The van der Waals surface area contributed by atoms with E-state index in [0.717, 1.165) is 6.07 Å². The van der Waals surface area contributed by atoms with E-state index in [9.17, 15) is 8.78 Å². The third-order valence-electron chi connectivity index (χ3n) is 1.92. The Balaban J connectivity index is 3.19. The van der Waals surface area contributed by atoms with E-state index >= 15 is 0 Å². The highest BCUT2D eigenvalue weighted by atomic mass is 19.1. The van der Waals surface area contributed by atoms with Crippen molar-refractivity contribution >= 4 is 0 Å². The first-order chi connectivity index (χ1) is 6.57. The van der Waals surface area contributed by atoms with Crippen molar-refractivity contribution in [2.45, 2.75) is 19.6 Å². The molecule has 1 rings (SSSR count). The molecule has 1 aromatic carbocycles. The van der Waals surface area contributed by atoms with Gasteiger partial charge in [-0.15, -0.1) is 0 Å². The summed E-state index contributed by atoms with van der Waals surface area (Å²) in [6, 6.07) is 2.43. The van der Waals surface area contributed by atoms with Gasteiger partial charge >= 0.3 is 0 Å². The molecular formula is C10H12F2O2. The second kappa shape index (κ2) is 4.48. The average molecular weight is 202 g/mol. The molecule has 1 unspecified atom stereocenters. The molecular weight excluding hydrogens is 190 g/mol. The van der Waals surface area contributed by atoms with Gasteiger partial charge in [-0.25, -0.2) is 8.78 Å². The van der Waals surface area contributed by atoms with E-state index in [2.05, 4.69) is 0 Å². The second-order valence-electron chi connectivity index (χ2n) is 3.04. The van der Waals surface area contributed by atoms with Crippen molar-refractivity contribution in [1.29, 1.82) is 0 Å². The molecule has 2 nitrogen and oxygen atoms in total. The maximum Gasteiger partial charge on any atom is 0.137 e. The third kappa shape index (κ3) is 2.08. The first-order valence-corrected chi connectivity index (χ1v) is 4.21. The van der Waals surface area contributed by atoms with E-state index in [4.69, 9.17) is 9.84 Å². The summed E-state index contributed by atoms with van der Waals surface area (Å²) in [5.74, 6) is -1.47. The molecule has 4 heteroatoms. The number of aliphatic hydroxyl groups is 1. The molecule has 0 saturated carbocycles. The lowest BCUT2D eigenvalue weighted by Crippen LogP contribution is -2.04. The van der Waals surface area contributed by atoms with Crippen LogP contribution in [-0.2, 0) is 11.3 Å². The van der Waals surface area contributed by atoms with Crippen molar-refractivity contribution in [2.75, 3.05) is 7.11 Å². The van der Waals surface area contributed by atoms with E-state index in [1.807, 2.05) is 0 Å². The van der Waals surface area contributed by atoms with Crippen LogP contribution in [-0.4, -0.2) is 12.2 Å². The predicted molar refractivity (Wildman–Crippen MR) is 47.7 cm³/mol. The Morgan fingerprint density at radius 1 is 1.43 bits per heavy atom. The Hall–Kier alpha value is -1.00. The summed E-state index contributed by atoms with van der Waals surface area (Å²) in [5, 5.41) is 9.16. The zero-order chi connectivity index (χ0) is 10.7. The predicted octanol–water partition coefficient (Wildman–Crippen LogP) is 2.16. The van der Waals surface area contributed by atoms with Gasteiger partial charge in [0.2, 0.25) is 0 Å². The molecule has 78 valence electrons. The van der Waals surface area contributed by atoms with Gasteiger partial charge in [-0.05, 0) is 13.0 Å². The minimum atomic E-state index is -1.16. The summed E-state index contributed by atoms with van der Waals surface area (Å²) in [6.07, 6.45) is -1.16. The molecule has 0 aromatic heterocycles. The molecule has 0 aliphatic carbocycles. The number of benzene rings is 1. The number of ether oxygens (including phenoxy) is 1. The number of hydrogen-bond acceptors (Lipinski definition) is 2. The highest BCUT2D eigenvalue weighted by Gasteiger charge is 2.17. The minimum absolute atomic E-state index is 0.0613. The zero-order valence-electron chi connectivity index (χ0n) is 8.05. The third-order valence-corrected chi connectivity index (χ3v) is 1.92. The lowest BCUT2D eigenvalue weighted by molar-refractivity contribution is 0.174. The smallest absolute Gasteiger partial charge is 0.137 e. The molecule has 0 aliphatic rings. The molecule has 0 heterocycles. The quantitative estimate of drug-likeness (QED) is 0.813. The fourth-order valence-electron chi connectivity index (χ4n) is 1.26. The van der Waals surface area contributed by atoms with E-state index in [1.165, 1.54) is 20.1 Å². The first-order valence-electron chi connectivity index (χ1n) is 4.21. The van der Waals surface area contributed by atoms with Gasteiger partial charge in [-0.3, -0.25) is 0 Å². The van der Waals surface area contributed by atoms with Gasteiger partial charge in [0.15, 0.2) is 0 Å². The summed E-state index contributed by atoms with van der Waals surface area (Å²) in [5.41, 5.74) is -0.0654. The molecule has 0 aliphatic heterocycles. The summed E-state index contributed by atoms with van der Waals surface area (Å²) in [7, 11) is 1.42. The maximum absolute atomic E-state index is 13.5. The molecule has 1 aromatic rings. The Labute approximate surface area is 81.1 Å². The van der Waals surface area contributed by atoms with Crippen molar-refractivity contribution in [2.24, 2.45) is 0 Å². The van der Waals surface area contributed by atoms with Crippen LogP contribution in [0.1, 0.15) is 24.2 Å². The van der Waals surface area contributed by atoms with Crippen molar-refractivity contribution < 1.29 is 18.6 Å². The van der Waals surface area contributed by atoms with Crippen molar-refractivity contribution in [3.8, 4) is 0 Å². The molecule has 0 saturated heterocycles. The van der Waals surface area contributed by atoms with E-state index in [-0.39, 0.29) is 17.7 Å². The zero-order valence-corrected chi connectivity index (χ0v) is 8.05. The van der Waals surface area contributed by atoms with Gasteiger partial charge < -0.3 is 9.84 Å².